The fourth-order valence-electron chi connectivity index (χ4n) is 4.18. The lowest BCUT2D eigenvalue weighted by molar-refractivity contribution is -0.160. The molecule has 0 saturated carbocycles. The van der Waals surface area contributed by atoms with Crippen LogP contribution < -0.4 is 21.0 Å². The summed E-state index contributed by atoms with van der Waals surface area (Å²) in [5.41, 5.74) is 4.03. The Hall–Kier alpha value is -3.25. The van der Waals surface area contributed by atoms with E-state index < -0.39 is 73.9 Å². The number of ether oxygens (including phenoxy) is 3. The van der Waals surface area contributed by atoms with Gasteiger partial charge in [-0.25, -0.2) is 9.36 Å². The summed E-state index contributed by atoms with van der Waals surface area (Å²) in [6.07, 6.45) is -1.82. The molecule has 1 aromatic carbocycles. The molecule has 0 spiro atoms. The third-order valence-electron chi connectivity index (χ3n) is 6.26. The van der Waals surface area contributed by atoms with E-state index in [0.29, 0.717) is 0 Å². The highest BCUT2D eigenvalue weighted by Gasteiger charge is 2.55. The Kier molecular flexibility index (Phi) is 10.4. The molecule has 1 saturated heterocycles. The normalized spacial score (nSPS) is 22.2. The van der Waals surface area contributed by atoms with Crippen molar-refractivity contribution in [1.29, 1.82) is 0 Å². The van der Waals surface area contributed by atoms with Crippen LogP contribution in [0.3, 0.4) is 0 Å². The van der Waals surface area contributed by atoms with Gasteiger partial charge in [-0.1, -0.05) is 45.9 Å². The fraction of sp³-hybridized carbons (Fsp3) is 0.556. The number of nitrogens with zero attached hydrogens (tertiary/aromatic N) is 2. The van der Waals surface area contributed by atoms with E-state index in [-0.39, 0.29) is 11.6 Å². The molecule has 14 heteroatoms. The standard InChI is InChI=1S/C27H39N4O9P/c1-16(2)23(32)39-22-20(38-25(27(22,6)7)31-14-13-21(28)29-26(31)34)15-36-41(35,40-19-11-9-8-10-12-19)30-18(5)24(33)37-17(3)4/h8-14,16-18,20,22,25H,15H2,1-7H3,(H,30,35)(H2,28,29,34)/t18-,20+,22+,25+,41?/m0/s1. The van der Waals surface area contributed by atoms with Crippen LogP contribution in [0.4, 0.5) is 5.82 Å². The van der Waals surface area contributed by atoms with Crippen molar-refractivity contribution in [2.45, 2.75) is 79.0 Å². The number of hydrogen-bond acceptors (Lipinski definition) is 11. The Labute approximate surface area is 239 Å². The molecular formula is C27H39N4O9P. The van der Waals surface area contributed by atoms with Gasteiger partial charge in [-0.05, 0) is 39.0 Å². The minimum Gasteiger partial charge on any atom is -0.462 e. The average molecular weight is 595 g/mol. The molecule has 0 radical (unpaired) electrons. The molecule has 3 N–H and O–H groups in total. The summed E-state index contributed by atoms with van der Waals surface area (Å²) in [5, 5.41) is 2.62. The highest BCUT2D eigenvalue weighted by Crippen LogP contribution is 2.50. The van der Waals surface area contributed by atoms with E-state index >= 15 is 0 Å². The van der Waals surface area contributed by atoms with E-state index in [1.54, 1.807) is 71.9 Å². The summed E-state index contributed by atoms with van der Waals surface area (Å²) >= 11 is 0. The summed E-state index contributed by atoms with van der Waals surface area (Å²) in [4.78, 5) is 41.6. The highest BCUT2D eigenvalue weighted by atomic mass is 31.2. The molecule has 0 bridgehead atoms. The van der Waals surface area contributed by atoms with Gasteiger partial charge in [-0.3, -0.25) is 18.7 Å². The van der Waals surface area contributed by atoms with Gasteiger partial charge in [0, 0.05) is 11.6 Å². The summed E-state index contributed by atoms with van der Waals surface area (Å²) in [5.74, 6) is -1.33. The van der Waals surface area contributed by atoms with Crippen LogP contribution in [0.25, 0.3) is 0 Å². The van der Waals surface area contributed by atoms with E-state index in [9.17, 15) is 18.9 Å². The first-order valence-electron chi connectivity index (χ1n) is 13.3. The first-order chi connectivity index (χ1) is 19.1. The van der Waals surface area contributed by atoms with Gasteiger partial charge in [0.05, 0.1) is 18.6 Å². The Balaban J connectivity index is 1.92. The second-order valence-electron chi connectivity index (χ2n) is 10.9. The van der Waals surface area contributed by atoms with Gasteiger partial charge in [0.1, 0.15) is 36.0 Å². The first kappa shape index (κ1) is 32.3. The van der Waals surface area contributed by atoms with Crippen molar-refractivity contribution >= 4 is 25.5 Å². The van der Waals surface area contributed by atoms with Crippen LogP contribution >= 0.6 is 7.75 Å². The van der Waals surface area contributed by atoms with Crippen molar-refractivity contribution in [1.82, 2.24) is 14.6 Å². The molecule has 0 aliphatic carbocycles. The molecule has 1 unspecified atom stereocenters. The number of carbonyl (C=O) groups excluding carboxylic acids is 2. The van der Waals surface area contributed by atoms with Crippen LogP contribution in [-0.2, 0) is 32.9 Å². The number of nitrogens with one attached hydrogen (secondary N) is 1. The van der Waals surface area contributed by atoms with Gasteiger partial charge in [0.2, 0.25) is 0 Å². The molecule has 1 aliphatic rings. The van der Waals surface area contributed by atoms with Gasteiger partial charge in [-0.15, -0.1) is 0 Å². The van der Waals surface area contributed by atoms with Crippen LogP contribution in [0.1, 0.15) is 54.7 Å². The lowest BCUT2D eigenvalue weighted by Gasteiger charge is -2.32. The number of anilines is 1. The van der Waals surface area contributed by atoms with Gasteiger partial charge in [-0.2, -0.15) is 10.1 Å². The minimum absolute atomic E-state index is 0.0416. The number of esters is 2. The number of carbonyl (C=O) groups is 2. The van der Waals surface area contributed by atoms with E-state index in [0.717, 1.165) is 0 Å². The van der Waals surface area contributed by atoms with Gasteiger partial charge in [0.15, 0.2) is 0 Å². The molecule has 5 atom stereocenters. The van der Waals surface area contributed by atoms with Crippen molar-refractivity contribution in [3.05, 3.63) is 53.1 Å². The number of para-hydroxylation sites is 1. The maximum atomic E-state index is 14.0. The van der Waals surface area contributed by atoms with E-state index in [1.807, 2.05) is 0 Å². The van der Waals surface area contributed by atoms with Crippen molar-refractivity contribution in [3.63, 3.8) is 0 Å². The van der Waals surface area contributed by atoms with Crippen molar-refractivity contribution in [3.8, 4) is 5.75 Å². The number of hydrogen-bond donors (Lipinski definition) is 2. The van der Waals surface area contributed by atoms with Crippen molar-refractivity contribution < 1.29 is 37.4 Å². The second kappa shape index (κ2) is 13.2. The zero-order valence-electron chi connectivity index (χ0n) is 24.3. The van der Waals surface area contributed by atoms with E-state index in [4.69, 9.17) is 29.0 Å². The van der Waals surface area contributed by atoms with Gasteiger partial charge in [0.25, 0.3) is 0 Å². The second-order valence-corrected chi connectivity index (χ2v) is 12.6. The Morgan fingerprint density at radius 1 is 1.12 bits per heavy atom. The van der Waals surface area contributed by atoms with Gasteiger partial charge < -0.3 is 24.5 Å². The molecule has 41 heavy (non-hydrogen) atoms. The summed E-state index contributed by atoms with van der Waals surface area (Å²) in [6.45, 7) is 11.4. The molecule has 1 aliphatic heterocycles. The molecule has 3 rings (SSSR count). The van der Waals surface area contributed by atoms with Crippen molar-refractivity contribution in [2.75, 3.05) is 12.3 Å². The smallest absolute Gasteiger partial charge is 0.459 e. The monoisotopic (exact) mass is 594 g/mol. The molecule has 1 fully saturated rings. The predicted octanol–water partition coefficient (Wildman–Crippen LogP) is 3.45. The highest BCUT2D eigenvalue weighted by molar-refractivity contribution is 7.52. The van der Waals surface area contributed by atoms with E-state index in [2.05, 4.69) is 10.1 Å². The maximum Gasteiger partial charge on any atom is 0.459 e. The van der Waals surface area contributed by atoms with Crippen LogP contribution in [0.2, 0.25) is 0 Å². The summed E-state index contributed by atoms with van der Waals surface area (Å²) < 4.78 is 44.0. The van der Waals surface area contributed by atoms with E-state index in [1.165, 1.54) is 23.8 Å². The number of rotatable bonds is 12. The quantitative estimate of drug-likeness (QED) is 0.271. The number of aromatic nitrogens is 2. The van der Waals surface area contributed by atoms with Crippen LogP contribution in [0, 0.1) is 11.3 Å². The predicted molar refractivity (Wildman–Crippen MR) is 150 cm³/mol. The lowest BCUT2D eigenvalue weighted by atomic mass is 9.84. The van der Waals surface area contributed by atoms with Crippen LogP contribution in [-0.4, -0.2) is 52.5 Å². The molecule has 226 valence electrons. The molecule has 13 nitrogen and oxygen atoms in total. The zero-order chi connectivity index (χ0) is 30.5. The third-order valence-corrected chi connectivity index (χ3v) is 7.91. The SMILES string of the molecule is CC(C)OC(=O)[C@H](C)NP(=O)(OC[C@H]1O[C@@H](n2ccc(N)nc2=O)C(C)(C)[C@@H]1OC(=O)C(C)C)Oc1ccccc1. The van der Waals surface area contributed by atoms with Crippen LogP contribution in [0.15, 0.2) is 47.4 Å². The summed E-state index contributed by atoms with van der Waals surface area (Å²) in [6, 6.07) is 8.66. The Morgan fingerprint density at radius 2 is 1.78 bits per heavy atom. The molecule has 0 amide bonds. The molecule has 2 aromatic rings. The van der Waals surface area contributed by atoms with Gasteiger partial charge >= 0.3 is 25.4 Å². The number of benzene rings is 1. The summed E-state index contributed by atoms with van der Waals surface area (Å²) in [7, 11) is -4.25. The molecular weight excluding hydrogens is 555 g/mol. The van der Waals surface area contributed by atoms with Crippen molar-refractivity contribution in [2.24, 2.45) is 11.3 Å². The first-order valence-corrected chi connectivity index (χ1v) is 14.9. The molecule has 1 aromatic heterocycles. The Bertz CT molecular complexity index is 1320. The number of nitrogens with two attached hydrogens (primary N) is 1. The average Bonchev–Trinajstić information content (AvgIpc) is 3.12. The zero-order valence-corrected chi connectivity index (χ0v) is 25.2. The fourth-order valence-corrected chi connectivity index (χ4v) is 5.68. The number of nitrogen functional groups attached to an aromatic ring is 1. The van der Waals surface area contributed by atoms with Crippen LogP contribution in [0.5, 0.6) is 5.75 Å². The Morgan fingerprint density at radius 3 is 2.37 bits per heavy atom. The lowest BCUT2D eigenvalue weighted by Crippen LogP contribution is -2.42. The topological polar surface area (TPSA) is 170 Å². The third kappa shape index (κ3) is 8.16. The molecule has 2 heterocycles. The minimum atomic E-state index is -4.25. The largest absolute Gasteiger partial charge is 0.462 e. The maximum absolute atomic E-state index is 14.0.